The van der Waals surface area contributed by atoms with E-state index in [4.69, 9.17) is 5.11 Å². The van der Waals surface area contributed by atoms with E-state index in [9.17, 15) is 4.79 Å². The highest BCUT2D eigenvalue weighted by Crippen LogP contribution is 2.15. The first-order valence-electron chi connectivity index (χ1n) is 6.52. The average Bonchev–Trinajstić information content (AvgIpc) is 2.37. The molecule has 1 aromatic carbocycles. The number of aliphatic hydroxyl groups excluding tert-OH is 1. The van der Waals surface area contributed by atoms with Crippen molar-refractivity contribution in [3.63, 3.8) is 0 Å². The molecule has 0 aliphatic heterocycles. The second kappa shape index (κ2) is 9.07. The van der Waals surface area contributed by atoms with Gasteiger partial charge in [-0.05, 0) is 37.1 Å². The predicted octanol–water partition coefficient (Wildman–Crippen LogP) is 2.39. The molecule has 0 saturated heterocycles. The maximum Gasteiger partial charge on any atom is 0.238 e. The summed E-state index contributed by atoms with van der Waals surface area (Å²) in [6, 6.07) is 7.50. The molecule has 0 aliphatic carbocycles. The van der Waals surface area contributed by atoms with Gasteiger partial charge in [-0.25, -0.2) is 0 Å². The van der Waals surface area contributed by atoms with Crippen molar-refractivity contribution in [2.75, 3.05) is 25.0 Å². The summed E-state index contributed by atoms with van der Waals surface area (Å²) in [7, 11) is 0. The largest absolute Gasteiger partial charge is 0.396 e. The summed E-state index contributed by atoms with van der Waals surface area (Å²) in [5.74, 6) is 0.362. The number of nitrogens with one attached hydrogen (secondary N) is 2. The van der Waals surface area contributed by atoms with Crippen LogP contribution in [0.1, 0.15) is 19.8 Å². The van der Waals surface area contributed by atoms with E-state index >= 15 is 0 Å². The van der Waals surface area contributed by atoms with Crippen LogP contribution in [0, 0.1) is 5.92 Å². The molecule has 0 fully saturated rings. The highest BCUT2D eigenvalue weighted by Gasteiger charge is 2.07. The number of aliphatic hydroxyl groups is 1. The van der Waals surface area contributed by atoms with Gasteiger partial charge < -0.3 is 15.7 Å². The smallest absolute Gasteiger partial charge is 0.238 e. The van der Waals surface area contributed by atoms with Crippen LogP contribution in [-0.4, -0.2) is 30.7 Å². The van der Waals surface area contributed by atoms with Gasteiger partial charge in [0.25, 0.3) is 0 Å². The van der Waals surface area contributed by atoms with Gasteiger partial charge in [0.05, 0.1) is 6.54 Å². The molecule has 0 radical (unpaired) electrons. The molecular formula is C14H21BrN2O2. The zero-order valence-electron chi connectivity index (χ0n) is 11.2. The second-order valence-corrected chi connectivity index (χ2v) is 5.39. The highest BCUT2D eigenvalue weighted by atomic mass is 79.9. The minimum absolute atomic E-state index is 0.0584. The Labute approximate surface area is 122 Å². The van der Waals surface area contributed by atoms with Gasteiger partial charge in [0.15, 0.2) is 0 Å². The molecule has 19 heavy (non-hydrogen) atoms. The third-order valence-electron chi connectivity index (χ3n) is 2.94. The summed E-state index contributed by atoms with van der Waals surface area (Å²) in [6.07, 6.45) is 1.78. The number of rotatable bonds is 8. The van der Waals surface area contributed by atoms with Crippen molar-refractivity contribution in [1.29, 1.82) is 0 Å². The molecule has 0 spiro atoms. The van der Waals surface area contributed by atoms with Crippen LogP contribution < -0.4 is 10.6 Å². The summed E-state index contributed by atoms with van der Waals surface area (Å²) in [5, 5.41) is 14.8. The summed E-state index contributed by atoms with van der Waals surface area (Å²) in [4.78, 5) is 11.7. The van der Waals surface area contributed by atoms with Gasteiger partial charge in [-0.2, -0.15) is 0 Å². The maximum atomic E-state index is 11.7. The third kappa shape index (κ3) is 6.71. The van der Waals surface area contributed by atoms with Crippen LogP contribution in [0.15, 0.2) is 28.7 Å². The van der Waals surface area contributed by atoms with E-state index in [0.717, 1.165) is 29.5 Å². The minimum atomic E-state index is -0.0584. The lowest BCUT2D eigenvalue weighted by Gasteiger charge is -2.14. The SMILES string of the molecule is CCC(CCO)CNCC(=O)Nc1cccc(Br)c1. The lowest BCUT2D eigenvalue weighted by molar-refractivity contribution is -0.115. The first-order valence-corrected chi connectivity index (χ1v) is 7.32. The van der Waals surface area contributed by atoms with Crippen LogP contribution in [0.2, 0.25) is 0 Å². The monoisotopic (exact) mass is 328 g/mol. The van der Waals surface area contributed by atoms with Gasteiger partial charge in [-0.3, -0.25) is 4.79 Å². The van der Waals surface area contributed by atoms with Crippen LogP contribution in [0.3, 0.4) is 0 Å². The molecule has 1 atom stereocenters. The van der Waals surface area contributed by atoms with Gasteiger partial charge in [-0.1, -0.05) is 35.3 Å². The van der Waals surface area contributed by atoms with Gasteiger partial charge in [0.2, 0.25) is 5.91 Å². The number of hydrogen-bond donors (Lipinski definition) is 3. The molecule has 1 amide bonds. The Hall–Kier alpha value is -0.910. The quantitative estimate of drug-likeness (QED) is 0.686. The van der Waals surface area contributed by atoms with E-state index in [0.29, 0.717) is 5.92 Å². The van der Waals surface area contributed by atoms with Crippen LogP contribution in [-0.2, 0) is 4.79 Å². The topological polar surface area (TPSA) is 61.4 Å². The number of carbonyl (C=O) groups excluding carboxylic acids is 1. The molecule has 4 nitrogen and oxygen atoms in total. The zero-order chi connectivity index (χ0) is 14.1. The number of carbonyl (C=O) groups is 1. The number of amides is 1. The van der Waals surface area contributed by atoms with Crippen molar-refractivity contribution in [3.05, 3.63) is 28.7 Å². The molecule has 0 aliphatic rings. The number of benzene rings is 1. The molecule has 5 heteroatoms. The highest BCUT2D eigenvalue weighted by molar-refractivity contribution is 9.10. The van der Waals surface area contributed by atoms with Crippen molar-refractivity contribution in [2.24, 2.45) is 5.92 Å². The fourth-order valence-electron chi connectivity index (χ4n) is 1.79. The number of halogens is 1. The van der Waals surface area contributed by atoms with E-state index in [1.807, 2.05) is 24.3 Å². The third-order valence-corrected chi connectivity index (χ3v) is 3.43. The fourth-order valence-corrected chi connectivity index (χ4v) is 2.19. The molecule has 0 aromatic heterocycles. The van der Waals surface area contributed by atoms with E-state index in [1.54, 1.807) is 0 Å². The molecule has 0 bridgehead atoms. The Morgan fingerprint density at radius 3 is 2.89 bits per heavy atom. The molecule has 3 N–H and O–H groups in total. The summed E-state index contributed by atoms with van der Waals surface area (Å²) >= 11 is 3.36. The van der Waals surface area contributed by atoms with Crippen molar-refractivity contribution < 1.29 is 9.90 Å². The van der Waals surface area contributed by atoms with Crippen LogP contribution in [0.5, 0.6) is 0 Å². The van der Waals surface area contributed by atoms with Crippen LogP contribution in [0.25, 0.3) is 0 Å². The molecule has 1 rings (SSSR count). The first-order chi connectivity index (χ1) is 9.15. The van der Waals surface area contributed by atoms with E-state index < -0.39 is 0 Å². The van der Waals surface area contributed by atoms with Crippen molar-refractivity contribution in [2.45, 2.75) is 19.8 Å². The molecule has 0 heterocycles. The molecule has 1 unspecified atom stereocenters. The Balaban J connectivity index is 2.28. The maximum absolute atomic E-state index is 11.7. The Morgan fingerprint density at radius 1 is 1.47 bits per heavy atom. The number of anilines is 1. The second-order valence-electron chi connectivity index (χ2n) is 4.48. The lowest BCUT2D eigenvalue weighted by atomic mass is 10.0. The summed E-state index contributed by atoms with van der Waals surface area (Å²) in [5.41, 5.74) is 0.781. The molecule has 0 saturated carbocycles. The van der Waals surface area contributed by atoms with Gasteiger partial charge in [0.1, 0.15) is 0 Å². The normalized spacial score (nSPS) is 12.2. The van der Waals surface area contributed by atoms with Gasteiger partial charge in [-0.15, -0.1) is 0 Å². The summed E-state index contributed by atoms with van der Waals surface area (Å²) < 4.78 is 0.937. The predicted molar refractivity (Wildman–Crippen MR) is 81.1 cm³/mol. The van der Waals surface area contributed by atoms with Gasteiger partial charge >= 0.3 is 0 Å². The molecule has 106 valence electrons. The Bertz CT molecular complexity index is 399. The number of hydrogen-bond acceptors (Lipinski definition) is 3. The minimum Gasteiger partial charge on any atom is -0.396 e. The summed E-state index contributed by atoms with van der Waals surface area (Å²) in [6.45, 7) is 3.32. The van der Waals surface area contributed by atoms with Crippen molar-refractivity contribution in [1.82, 2.24) is 5.32 Å². The van der Waals surface area contributed by atoms with E-state index in [1.165, 1.54) is 0 Å². The standard InChI is InChI=1S/C14H21BrN2O2/c1-2-11(6-7-18)9-16-10-14(19)17-13-5-3-4-12(15)8-13/h3-5,8,11,16,18H,2,6-7,9-10H2,1H3,(H,17,19). The average molecular weight is 329 g/mol. The zero-order valence-corrected chi connectivity index (χ0v) is 12.7. The van der Waals surface area contributed by atoms with Crippen LogP contribution in [0.4, 0.5) is 5.69 Å². The van der Waals surface area contributed by atoms with Crippen molar-refractivity contribution >= 4 is 27.5 Å². The van der Waals surface area contributed by atoms with Crippen molar-refractivity contribution in [3.8, 4) is 0 Å². The first kappa shape index (κ1) is 16.1. The molecule has 1 aromatic rings. The Kier molecular flexibility index (Phi) is 7.70. The van der Waals surface area contributed by atoms with Gasteiger partial charge in [0, 0.05) is 16.8 Å². The van der Waals surface area contributed by atoms with E-state index in [2.05, 4.69) is 33.5 Å². The Morgan fingerprint density at radius 2 is 2.26 bits per heavy atom. The lowest BCUT2D eigenvalue weighted by Crippen LogP contribution is -2.32. The van der Waals surface area contributed by atoms with E-state index in [-0.39, 0.29) is 19.1 Å². The fraction of sp³-hybridized carbons (Fsp3) is 0.500. The van der Waals surface area contributed by atoms with Crippen LogP contribution >= 0.6 is 15.9 Å². The molecular weight excluding hydrogens is 308 g/mol.